The summed E-state index contributed by atoms with van der Waals surface area (Å²) < 4.78 is -0.993. The largest absolute Gasteiger partial charge is 0.480 e. The molecule has 5 nitrogen and oxygen atoms in total. The van der Waals surface area contributed by atoms with E-state index in [0.29, 0.717) is 0 Å². The van der Waals surface area contributed by atoms with Crippen LogP contribution >= 0.6 is 11.8 Å². The van der Waals surface area contributed by atoms with E-state index in [4.69, 9.17) is 15.9 Å². The Morgan fingerprint density at radius 3 is 2.23 bits per heavy atom. The van der Waals surface area contributed by atoms with E-state index in [1.54, 1.807) is 0 Å². The highest BCUT2D eigenvalue weighted by Crippen LogP contribution is 2.24. The quantitative estimate of drug-likeness (QED) is 0.586. The topological polar surface area (TPSA) is 101 Å². The first-order chi connectivity index (χ1) is 5.77. The van der Waals surface area contributed by atoms with Crippen molar-refractivity contribution in [2.75, 3.05) is 5.75 Å². The number of carboxylic acid groups (broad SMARTS) is 2. The fourth-order valence-corrected chi connectivity index (χ4v) is 1.29. The van der Waals surface area contributed by atoms with Crippen molar-refractivity contribution >= 4 is 23.7 Å². The zero-order valence-corrected chi connectivity index (χ0v) is 8.30. The van der Waals surface area contributed by atoms with Gasteiger partial charge in [0.2, 0.25) is 0 Å². The monoisotopic (exact) mass is 207 g/mol. The molecule has 13 heavy (non-hydrogen) atoms. The summed E-state index contributed by atoms with van der Waals surface area (Å²) in [4.78, 5) is 20.9. The lowest BCUT2D eigenvalue weighted by Gasteiger charge is -2.19. The Morgan fingerprint density at radius 2 is 1.92 bits per heavy atom. The summed E-state index contributed by atoms with van der Waals surface area (Å²) in [6, 6.07) is -1.01. The van der Waals surface area contributed by atoms with Crippen LogP contribution in [0, 0.1) is 0 Å². The third-order valence-corrected chi connectivity index (χ3v) is 2.88. The zero-order chi connectivity index (χ0) is 10.6. The number of carboxylic acids is 2. The average Bonchev–Trinajstić information content (AvgIpc) is 1.99. The summed E-state index contributed by atoms with van der Waals surface area (Å²) in [7, 11) is 0. The molecule has 4 N–H and O–H groups in total. The second-order valence-corrected chi connectivity index (χ2v) is 4.71. The zero-order valence-electron chi connectivity index (χ0n) is 7.48. The highest BCUT2D eigenvalue weighted by Gasteiger charge is 2.29. The third kappa shape index (κ3) is 4.14. The molecule has 0 fully saturated rings. The molecule has 0 aliphatic heterocycles. The first-order valence-corrected chi connectivity index (χ1v) is 4.61. The minimum atomic E-state index is -1.12. The van der Waals surface area contributed by atoms with Crippen LogP contribution in [0.3, 0.4) is 0 Å². The van der Waals surface area contributed by atoms with Crippen molar-refractivity contribution in [3.8, 4) is 0 Å². The van der Waals surface area contributed by atoms with Crippen LogP contribution in [0.15, 0.2) is 0 Å². The fraction of sp³-hybridized carbons (Fsp3) is 0.714. The van der Waals surface area contributed by atoms with Gasteiger partial charge in [0.25, 0.3) is 0 Å². The third-order valence-electron chi connectivity index (χ3n) is 1.46. The molecule has 0 rings (SSSR count). The van der Waals surface area contributed by atoms with Crippen molar-refractivity contribution < 1.29 is 19.8 Å². The smallest absolute Gasteiger partial charge is 0.321 e. The Hall–Kier alpha value is -0.750. The Balaban J connectivity index is 4.02. The summed E-state index contributed by atoms with van der Waals surface area (Å²) in [6.45, 7) is 3.02. The van der Waals surface area contributed by atoms with Crippen LogP contribution in [0.25, 0.3) is 0 Å². The molecule has 76 valence electrons. The molecule has 6 heteroatoms. The molecule has 0 spiro atoms. The Labute approximate surface area is 80.3 Å². The SMILES string of the molecule is CC(C)(SCC(N)C(=O)O)C(=O)O. The minimum Gasteiger partial charge on any atom is -0.480 e. The molecule has 0 saturated heterocycles. The van der Waals surface area contributed by atoms with Gasteiger partial charge in [0.15, 0.2) is 0 Å². The number of carbonyl (C=O) groups is 2. The highest BCUT2D eigenvalue weighted by atomic mass is 32.2. The van der Waals surface area contributed by atoms with Crippen molar-refractivity contribution in [2.24, 2.45) is 5.73 Å². The second kappa shape index (κ2) is 4.48. The van der Waals surface area contributed by atoms with Gasteiger partial charge in [-0.15, -0.1) is 11.8 Å². The van der Waals surface area contributed by atoms with Crippen molar-refractivity contribution in [3.05, 3.63) is 0 Å². The number of rotatable bonds is 5. The van der Waals surface area contributed by atoms with Gasteiger partial charge < -0.3 is 15.9 Å². The van der Waals surface area contributed by atoms with Crippen LogP contribution in [0.1, 0.15) is 13.8 Å². The van der Waals surface area contributed by atoms with Gasteiger partial charge in [-0.1, -0.05) is 0 Å². The molecular formula is C7H13NO4S. The van der Waals surface area contributed by atoms with Gasteiger partial charge in [0.1, 0.15) is 10.8 Å². The fourth-order valence-electron chi connectivity index (χ4n) is 0.431. The van der Waals surface area contributed by atoms with Gasteiger partial charge in [-0.05, 0) is 13.8 Å². The van der Waals surface area contributed by atoms with E-state index in [1.807, 2.05) is 0 Å². The van der Waals surface area contributed by atoms with Gasteiger partial charge in [0, 0.05) is 5.75 Å². The number of hydrogen-bond donors (Lipinski definition) is 3. The lowest BCUT2D eigenvalue weighted by Crippen LogP contribution is -2.36. The van der Waals surface area contributed by atoms with E-state index in [0.717, 1.165) is 11.8 Å². The number of hydrogen-bond acceptors (Lipinski definition) is 4. The number of aliphatic carboxylic acids is 2. The molecule has 0 aromatic carbocycles. The summed E-state index contributed by atoms with van der Waals surface area (Å²) in [6.07, 6.45) is 0. The minimum absolute atomic E-state index is 0.0919. The molecule has 1 atom stereocenters. The summed E-state index contributed by atoms with van der Waals surface area (Å²) in [5.41, 5.74) is 5.21. The Morgan fingerprint density at radius 1 is 1.46 bits per heavy atom. The van der Waals surface area contributed by atoms with E-state index in [9.17, 15) is 9.59 Å². The van der Waals surface area contributed by atoms with Crippen LogP contribution in [0.5, 0.6) is 0 Å². The lowest BCUT2D eigenvalue weighted by atomic mass is 10.2. The van der Waals surface area contributed by atoms with Crippen molar-refractivity contribution in [1.29, 1.82) is 0 Å². The van der Waals surface area contributed by atoms with E-state index in [-0.39, 0.29) is 5.75 Å². The maximum absolute atomic E-state index is 10.6. The van der Waals surface area contributed by atoms with Crippen molar-refractivity contribution in [2.45, 2.75) is 24.6 Å². The van der Waals surface area contributed by atoms with Crippen molar-refractivity contribution in [3.63, 3.8) is 0 Å². The van der Waals surface area contributed by atoms with Crippen LogP contribution in [0.2, 0.25) is 0 Å². The molecule has 0 heterocycles. The molecule has 0 aromatic rings. The standard InChI is InChI=1S/C7H13NO4S/c1-7(2,6(11)12)13-3-4(8)5(9)10/h4H,3,8H2,1-2H3,(H,9,10)(H,11,12). The van der Waals surface area contributed by atoms with Crippen LogP contribution < -0.4 is 5.73 Å². The molecule has 0 aliphatic carbocycles. The van der Waals surface area contributed by atoms with E-state index < -0.39 is 22.7 Å². The van der Waals surface area contributed by atoms with Crippen molar-refractivity contribution in [1.82, 2.24) is 0 Å². The van der Waals surface area contributed by atoms with Crippen LogP contribution in [-0.2, 0) is 9.59 Å². The van der Waals surface area contributed by atoms with Gasteiger partial charge >= 0.3 is 11.9 Å². The Bertz CT molecular complexity index is 217. The number of nitrogens with two attached hydrogens (primary N) is 1. The number of thioether (sulfide) groups is 1. The maximum atomic E-state index is 10.6. The summed E-state index contributed by atoms with van der Waals surface area (Å²) >= 11 is 1.02. The van der Waals surface area contributed by atoms with Gasteiger partial charge in [-0.25, -0.2) is 0 Å². The van der Waals surface area contributed by atoms with E-state index in [1.165, 1.54) is 13.8 Å². The average molecular weight is 207 g/mol. The molecule has 0 radical (unpaired) electrons. The second-order valence-electron chi connectivity index (χ2n) is 3.07. The Kier molecular flexibility index (Phi) is 4.22. The highest BCUT2D eigenvalue weighted by molar-refractivity contribution is 8.01. The molecule has 0 aromatic heterocycles. The molecule has 0 amide bonds. The van der Waals surface area contributed by atoms with E-state index in [2.05, 4.69) is 0 Å². The molecule has 1 unspecified atom stereocenters. The maximum Gasteiger partial charge on any atom is 0.321 e. The van der Waals surface area contributed by atoms with Gasteiger partial charge in [-0.2, -0.15) is 0 Å². The summed E-state index contributed by atoms with van der Waals surface area (Å²) in [5.74, 6) is -2.00. The predicted molar refractivity (Wildman–Crippen MR) is 49.8 cm³/mol. The molecule has 0 saturated carbocycles. The van der Waals surface area contributed by atoms with E-state index >= 15 is 0 Å². The molecule has 0 bridgehead atoms. The molecular weight excluding hydrogens is 194 g/mol. The first-order valence-electron chi connectivity index (χ1n) is 3.63. The first kappa shape index (κ1) is 12.2. The molecule has 0 aliphatic rings. The normalized spacial score (nSPS) is 13.8. The van der Waals surface area contributed by atoms with Crippen LogP contribution in [0.4, 0.5) is 0 Å². The van der Waals surface area contributed by atoms with Gasteiger partial charge in [-0.3, -0.25) is 9.59 Å². The predicted octanol–water partition coefficient (Wildman–Crippen LogP) is -0.00530. The van der Waals surface area contributed by atoms with Gasteiger partial charge in [0.05, 0.1) is 0 Å². The lowest BCUT2D eigenvalue weighted by molar-refractivity contribution is -0.139. The van der Waals surface area contributed by atoms with Crippen LogP contribution in [-0.4, -0.2) is 38.7 Å². The summed E-state index contributed by atoms with van der Waals surface area (Å²) in [5, 5.41) is 17.1.